The van der Waals surface area contributed by atoms with Gasteiger partial charge in [-0.1, -0.05) is 0 Å². The van der Waals surface area contributed by atoms with Gasteiger partial charge in [-0.25, -0.2) is 4.98 Å². The van der Waals surface area contributed by atoms with E-state index in [1.807, 2.05) is 41.5 Å². The zero-order valence-corrected chi connectivity index (χ0v) is 10.7. The zero-order chi connectivity index (χ0) is 12.1. The maximum absolute atomic E-state index is 5.84. The van der Waals surface area contributed by atoms with Gasteiger partial charge < -0.3 is 13.7 Å². The largest absolute Gasteiger partial charge is 0.554 e. The maximum Gasteiger partial charge on any atom is 0.554 e. The SMILES string of the molecule is Cc1nc(B2OC(C)(C)C(C)(C)O2)oc1C. The van der Waals surface area contributed by atoms with Gasteiger partial charge in [-0.2, -0.15) is 0 Å². The Bertz CT molecular complexity index is 376. The first kappa shape index (κ1) is 11.7. The van der Waals surface area contributed by atoms with Crippen LogP contribution in [-0.4, -0.2) is 23.3 Å². The molecule has 0 aliphatic carbocycles. The average Bonchev–Trinajstić information content (AvgIpc) is 2.54. The molecule has 4 nitrogen and oxygen atoms in total. The Morgan fingerprint density at radius 3 is 1.88 bits per heavy atom. The van der Waals surface area contributed by atoms with Crippen LogP contribution in [0.3, 0.4) is 0 Å². The smallest absolute Gasteiger partial charge is 0.449 e. The minimum Gasteiger partial charge on any atom is -0.449 e. The van der Waals surface area contributed by atoms with E-state index < -0.39 is 7.12 Å². The van der Waals surface area contributed by atoms with Gasteiger partial charge in [0.05, 0.1) is 16.9 Å². The van der Waals surface area contributed by atoms with Gasteiger partial charge in [-0.05, 0) is 41.5 Å². The first-order chi connectivity index (χ1) is 7.23. The van der Waals surface area contributed by atoms with Crippen LogP contribution in [0.2, 0.25) is 0 Å². The summed E-state index contributed by atoms with van der Waals surface area (Å²) in [6.45, 7) is 11.8. The summed E-state index contributed by atoms with van der Waals surface area (Å²) in [5, 5.41) is 0. The second-order valence-electron chi connectivity index (χ2n) is 5.28. The summed E-state index contributed by atoms with van der Waals surface area (Å²) in [6.07, 6.45) is 0. The lowest BCUT2D eigenvalue weighted by Gasteiger charge is -2.32. The molecule has 1 fully saturated rings. The van der Waals surface area contributed by atoms with Crippen LogP contribution in [0.15, 0.2) is 4.42 Å². The molecule has 1 aliphatic rings. The van der Waals surface area contributed by atoms with Gasteiger partial charge in [-0.3, -0.25) is 0 Å². The van der Waals surface area contributed by atoms with Crippen molar-refractivity contribution in [2.45, 2.75) is 52.7 Å². The molecule has 0 amide bonds. The third-order valence-electron chi connectivity index (χ3n) is 3.50. The lowest BCUT2D eigenvalue weighted by molar-refractivity contribution is 0.00578. The van der Waals surface area contributed by atoms with Crippen LogP contribution in [0, 0.1) is 13.8 Å². The standard InChI is InChI=1S/C11H18BNO3/c1-7-8(2)14-9(13-7)12-15-10(3,4)11(5,6)16-12/h1-6H3. The Balaban J connectivity index is 2.27. The molecular weight excluding hydrogens is 205 g/mol. The Kier molecular flexibility index (Phi) is 2.44. The van der Waals surface area contributed by atoms with E-state index in [2.05, 4.69) is 4.98 Å². The Morgan fingerprint density at radius 2 is 1.50 bits per heavy atom. The molecule has 0 aromatic carbocycles. The van der Waals surface area contributed by atoms with Gasteiger partial charge in [0, 0.05) is 0 Å². The van der Waals surface area contributed by atoms with Gasteiger partial charge in [0.25, 0.3) is 0 Å². The zero-order valence-electron chi connectivity index (χ0n) is 10.7. The quantitative estimate of drug-likeness (QED) is 0.678. The molecule has 0 atom stereocenters. The van der Waals surface area contributed by atoms with E-state index >= 15 is 0 Å². The normalized spacial score (nSPS) is 22.8. The molecule has 88 valence electrons. The van der Waals surface area contributed by atoms with Crippen LogP contribution < -0.4 is 5.79 Å². The number of hydrogen-bond donors (Lipinski definition) is 0. The Morgan fingerprint density at radius 1 is 1.00 bits per heavy atom. The minimum atomic E-state index is -0.502. The molecule has 0 radical (unpaired) electrons. The van der Waals surface area contributed by atoms with Crippen molar-refractivity contribution < 1.29 is 13.7 Å². The van der Waals surface area contributed by atoms with E-state index in [0.717, 1.165) is 11.5 Å². The molecule has 0 saturated carbocycles. The van der Waals surface area contributed by atoms with Crippen LogP contribution in [0.25, 0.3) is 0 Å². The maximum atomic E-state index is 5.84. The lowest BCUT2D eigenvalue weighted by atomic mass is 9.90. The number of nitrogens with zero attached hydrogens (tertiary/aromatic N) is 1. The van der Waals surface area contributed by atoms with Crippen LogP contribution in [0.5, 0.6) is 0 Å². The van der Waals surface area contributed by atoms with Gasteiger partial charge in [0.1, 0.15) is 5.76 Å². The fourth-order valence-electron chi connectivity index (χ4n) is 1.54. The second-order valence-corrected chi connectivity index (χ2v) is 5.28. The van der Waals surface area contributed by atoms with Crippen molar-refractivity contribution in [3.63, 3.8) is 0 Å². The molecule has 1 aromatic rings. The van der Waals surface area contributed by atoms with Crippen LogP contribution in [0.4, 0.5) is 0 Å². The summed E-state index contributed by atoms with van der Waals surface area (Å²) in [6, 6.07) is 0. The molecule has 1 aliphatic heterocycles. The first-order valence-corrected chi connectivity index (χ1v) is 5.52. The van der Waals surface area contributed by atoms with E-state index in [9.17, 15) is 0 Å². The topological polar surface area (TPSA) is 44.5 Å². The van der Waals surface area contributed by atoms with Crippen molar-refractivity contribution in [3.8, 4) is 0 Å². The fraction of sp³-hybridized carbons (Fsp3) is 0.727. The number of oxazole rings is 1. The van der Waals surface area contributed by atoms with Crippen molar-refractivity contribution in [2.24, 2.45) is 0 Å². The average molecular weight is 223 g/mol. The summed E-state index contributed by atoms with van der Waals surface area (Å²) in [7, 11) is -0.502. The molecule has 2 rings (SSSR count). The number of aryl methyl sites for hydroxylation is 2. The van der Waals surface area contributed by atoms with Gasteiger partial charge in [0.2, 0.25) is 5.79 Å². The van der Waals surface area contributed by atoms with Crippen molar-refractivity contribution >= 4 is 12.9 Å². The highest BCUT2D eigenvalue weighted by Crippen LogP contribution is 2.36. The molecule has 1 saturated heterocycles. The van der Waals surface area contributed by atoms with Gasteiger partial charge in [0.15, 0.2) is 0 Å². The number of aromatic nitrogens is 1. The summed E-state index contributed by atoms with van der Waals surface area (Å²) in [5.41, 5.74) is 0.173. The molecule has 2 heterocycles. The molecule has 0 N–H and O–H groups in total. The minimum absolute atomic E-state index is 0.353. The predicted molar refractivity (Wildman–Crippen MR) is 61.7 cm³/mol. The van der Waals surface area contributed by atoms with Crippen molar-refractivity contribution in [2.75, 3.05) is 0 Å². The molecule has 16 heavy (non-hydrogen) atoms. The van der Waals surface area contributed by atoms with Crippen molar-refractivity contribution in [1.29, 1.82) is 0 Å². The molecule has 0 unspecified atom stereocenters. The van der Waals surface area contributed by atoms with E-state index in [1.54, 1.807) is 0 Å². The number of rotatable bonds is 1. The highest BCUT2D eigenvalue weighted by Gasteiger charge is 2.53. The highest BCUT2D eigenvalue weighted by atomic mass is 16.7. The van der Waals surface area contributed by atoms with E-state index in [4.69, 9.17) is 13.7 Å². The third kappa shape index (κ3) is 1.68. The Hall–Kier alpha value is -0.805. The molecule has 1 aromatic heterocycles. The first-order valence-electron chi connectivity index (χ1n) is 5.52. The van der Waals surface area contributed by atoms with Gasteiger partial charge in [-0.15, -0.1) is 0 Å². The highest BCUT2D eigenvalue weighted by molar-refractivity contribution is 6.59. The van der Waals surface area contributed by atoms with E-state index in [-0.39, 0.29) is 11.2 Å². The second kappa shape index (κ2) is 3.34. The summed E-state index contributed by atoms with van der Waals surface area (Å²) < 4.78 is 17.2. The van der Waals surface area contributed by atoms with Crippen LogP contribution in [-0.2, 0) is 9.31 Å². The number of hydrogen-bond acceptors (Lipinski definition) is 4. The fourth-order valence-corrected chi connectivity index (χ4v) is 1.54. The van der Waals surface area contributed by atoms with E-state index in [1.165, 1.54) is 0 Å². The third-order valence-corrected chi connectivity index (χ3v) is 3.50. The summed E-state index contributed by atoms with van der Waals surface area (Å²) >= 11 is 0. The molecule has 5 heteroatoms. The summed E-state index contributed by atoms with van der Waals surface area (Å²) in [5.74, 6) is 1.32. The predicted octanol–water partition coefficient (Wildman–Crippen LogP) is 1.59. The van der Waals surface area contributed by atoms with Crippen molar-refractivity contribution in [3.05, 3.63) is 11.5 Å². The lowest BCUT2D eigenvalue weighted by Crippen LogP contribution is -2.41. The van der Waals surface area contributed by atoms with E-state index in [0.29, 0.717) is 5.79 Å². The molecular formula is C11H18BNO3. The monoisotopic (exact) mass is 223 g/mol. The molecule has 0 spiro atoms. The van der Waals surface area contributed by atoms with Crippen molar-refractivity contribution in [1.82, 2.24) is 4.98 Å². The summed E-state index contributed by atoms with van der Waals surface area (Å²) in [4.78, 5) is 4.31. The van der Waals surface area contributed by atoms with Gasteiger partial charge >= 0.3 is 7.12 Å². The Labute approximate surface area is 96.5 Å². The molecule has 0 bridgehead atoms. The van der Waals surface area contributed by atoms with Crippen LogP contribution >= 0.6 is 0 Å². The van der Waals surface area contributed by atoms with Crippen LogP contribution in [0.1, 0.15) is 39.1 Å².